The van der Waals surface area contributed by atoms with Crippen molar-refractivity contribution in [2.24, 2.45) is 0 Å². The molecule has 5 nitrogen and oxygen atoms in total. The van der Waals surface area contributed by atoms with Crippen molar-refractivity contribution in [3.05, 3.63) is 72.1 Å². The second kappa shape index (κ2) is 9.53. The largest absolute Gasteiger partial charge is 0.357 e. The summed E-state index contributed by atoms with van der Waals surface area (Å²) in [5, 5.41) is 3.00. The molecule has 0 atom stereocenters. The lowest BCUT2D eigenvalue weighted by Crippen LogP contribution is -2.19. The molecule has 4 rings (SSSR count). The van der Waals surface area contributed by atoms with Crippen LogP contribution >= 0.6 is 0 Å². The van der Waals surface area contributed by atoms with Crippen LogP contribution in [0.2, 0.25) is 0 Å². The van der Waals surface area contributed by atoms with Crippen molar-refractivity contribution in [1.29, 1.82) is 0 Å². The molecule has 1 N–H and O–H groups in total. The zero-order valence-electron chi connectivity index (χ0n) is 17.5. The minimum Gasteiger partial charge on any atom is -0.357 e. The zero-order valence-corrected chi connectivity index (χ0v) is 17.5. The van der Waals surface area contributed by atoms with E-state index < -0.39 is 0 Å². The highest BCUT2D eigenvalue weighted by Crippen LogP contribution is 2.24. The van der Waals surface area contributed by atoms with Crippen molar-refractivity contribution in [2.75, 3.05) is 23.3 Å². The van der Waals surface area contributed by atoms with Gasteiger partial charge in [-0.1, -0.05) is 37.6 Å². The Kier molecular flexibility index (Phi) is 6.38. The summed E-state index contributed by atoms with van der Waals surface area (Å²) >= 11 is 0. The Morgan fingerprint density at radius 1 is 1.03 bits per heavy atom. The number of aromatic nitrogens is 2. The van der Waals surface area contributed by atoms with Crippen molar-refractivity contribution >= 4 is 17.4 Å². The van der Waals surface area contributed by atoms with Crippen molar-refractivity contribution in [3.63, 3.8) is 0 Å². The Labute approximate surface area is 178 Å². The third kappa shape index (κ3) is 4.85. The molecule has 5 heteroatoms. The molecule has 1 fully saturated rings. The first-order valence-corrected chi connectivity index (χ1v) is 10.8. The minimum absolute atomic E-state index is 0.119. The Morgan fingerprint density at radius 3 is 2.60 bits per heavy atom. The van der Waals surface area contributed by atoms with Gasteiger partial charge in [0.25, 0.3) is 5.91 Å². The molecular formula is C25H28N4O. The van der Waals surface area contributed by atoms with Gasteiger partial charge < -0.3 is 10.2 Å². The van der Waals surface area contributed by atoms with Gasteiger partial charge in [0.2, 0.25) is 0 Å². The number of carbonyl (C=O) groups excluding carboxylic acids is 1. The number of nitrogens with one attached hydrogen (secondary N) is 1. The summed E-state index contributed by atoms with van der Waals surface area (Å²) < 4.78 is 0. The highest BCUT2D eigenvalue weighted by Gasteiger charge is 2.15. The van der Waals surface area contributed by atoms with Crippen molar-refractivity contribution in [3.8, 4) is 11.3 Å². The molecule has 1 aromatic heterocycles. The van der Waals surface area contributed by atoms with Crippen LogP contribution in [0.25, 0.3) is 11.3 Å². The molecule has 1 aliphatic rings. The number of rotatable bonds is 7. The number of carbonyl (C=O) groups is 1. The third-order valence-corrected chi connectivity index (χ3v) is 5.53. The topological polar surface area (TPSA) is 58.1 Å². The van der Waals surface area contributed by atoms with Crippen LogP contribution < -0.4 is 10.2 Å². The van der Waals surface area contributed by atoms with Crippen LogP contribution in [0.4, 0.5) is 11.5 Å². The number of amides is 1. The number of hydrogen-bond acceptors (Lipinski definition) is 4. The minimum atomic E-state index is -0.119. The van der Waals surface area contributed by atoms with E-state index in [1.807, 2.05) is 42.5 Å². The van der Waals surface area contributed by atoms with Gasteiger partial charge in [0.15, 0.2) is 0 Å². The average molecular weight is 401 g/mol. The highest BCUT2D eigenvalue weighted by atomic mass is 16.1. The van der Waals surface area contributed by atoms with Crippen LogP contribution in [-0.4, -0.2) is 29.0 Å². The van der Waals surface area contributed by atoms with Crippen LogP contribution in [0.5, 0.6) is 0 Å². The number of nitrogens with zero attached hydrogens (tertiary/aromatic N) is 3. The van der Waals surface area contributed by atoms with E-state index >= 15 is 0 Å². The first kappa shape index (κ1) is 20.1. The standard InChI is InChI=1S/C25H28N4O/c1-2-3-7-19-10-12-22(13-11-19)28-25(30)21-9-6-8-20(16-21)23-17-24(27-18-26-23)29-14-4-5-15-29/h6,8-13,16-18H,2-5,7,14-15H2,1H3,(H,28,30). The lowest BCUT2D eigenvalue weighted by Gasteiger charge is -2.16. The quantitative estimate of drug-likeness (QED) is 0.582. The maximum absolute atomic E-state index is 12.8. The molecular weight excluding hydrogens is 372 g/mol. The fraction of sp³-hybridized carbons (Fsp3) is 0.320. The van der Waals surface area contributed by atoms with E-state index in [2.05, 4.69) is 39.2 Å². The highest BCUT2D eigenvalue weighted by molar-refractivity contribution is 6.04. The fourth-order valence-electron chi connectivity index (χ4n) is 3.78. The molecule has 1 saturated heterocycles. The van der Waals surface area contributed by atoms with Gasteiger partial charge in [-0.05, 0) is 55.5 Å². The van der Waals surface area contributed by atoms with Crippen molar-refractivity contribution < 1.29 is 4.79 Å². The molecule has 30 heavy (non-hydrogen) atoms. The number of anilines is 2. The Hall–Kier alpha value is -3.21. The average Bonchev–Trinajstić information content (AvgIpc) is 3.34. The van der Waals surface area contributed by atoms with Gasteiger partial charge in [-0.3, -0.25) is 4.79 Å². The van der Waals surface area contributed by atoms with Crippen LogP contribution in [0.1, 0.15) is 48.5 Å². The Bertz CT molecular complexity index is 994. The monoisotopic (exact) mass is 400 g/mol. The van der Waals surface area contributed by atoms with E-state index in [0.717, 1.165) is 42.3 Å². The molecule has 154 valence electrons. The third-order valence-electron chi connectivity index (χ3n) is 5.53. The lowest BCUT2D eigenvalue weighted by molar-refractivity contribution is 0.102. The SMILES string of the molecule is CCCCc1ccc(NC(=O)c2cccc(-c3cc(N4CCCC4)ncn3)c2)cc1. The second-order valence-corrected chi connectivity index (χ2v) is 7.79. The molecule has 1 aliphatic heterocycles. The Morgan fingerprint density at radius 2 is 1.83 bits per heavy atom. The van der Waals surface area contributed by atoms with Crippen LogP contribution in [0, 0.1) is 0 Å². The number of benzene rings is 2. The molecule has 2 heterocycles. The first-order chi connectivity index (χ1) is 14.7. The molecule has 0 spiro atoms. The van der Waals surface area contributed by atoms with Gasteiger partial charge in [0, 0.05) is 36.0 Å². The lowest BCUT2D eigenvalue weighted by atomic mass is 10.1. The molecule has 0 unspecified atom stereocenters. The van der Waals surface area contributed by atoms with Gasteiger partial charge >= 0.3 is 0 Å². The van der Waals surface area contributed by atoms with Gasteiger partial charge in [-0.2, -0.15) is 0 Å². The normalized spacial score (nSPS) is 13.4. The number of hydrogen-bond donors (Lipinski definition) is 1. The van der Waals surface area contributed by atoms with E-state index in [0.29, 0.717) is 5.56 Å². The van der Waals surface area contributed by atoms with E-state index in [1.165, 1.54) is 31.2 Å². The summed E-state index contributed by atoms with van der Waals surface area (Å²) in [4.78, 5) is 23.9. The molecule has 0 radical (unpaired) electrons. The van der Waals surface area contributed by atoms with E-state index in [-0.39, 0.29) is 5.91 Å². The van der Waals surface area contributed by atoms with Gasteiger partial charge in [-0.25, -0.2) is 9.97 Å². The summed E-state index contributed by atoms with van der Waals surface area (Å²) in [5.41, 5.74) is 4.48. The van der Waals surface area contributed by atoms with E-state index in [9.17, 15) is 4.79 Å². The fourth-order valence-corrected chi connectivity index (χ4v) is 3.78. The molecule has 0 bridgehead atoms. The van der Waals surface area contributed by atoms with Gasteiger partial charge in [0.1, 0.15) is 12.1 Å². The molecule has 2 aromatic carbocycles. The molecule has 0 aliphatic carbocycles. The summed E-state index contributed by atoms with van der Waals surface area (Å²) in [7, 11) is 0. The second-order valence-electron chi connectivity index (χ2n) is 7.79. The summed E-state index contributed by atoms with van der Waals surface area (Å²) in [5.74, 6) is 0.836. The summed E-state index contributed by atoms with van der Waals surface area (Å²) in [6.45, 7) is 4.27. The van der Waals surface area contributed by atoms with Crippen LogP contribution in [-0.2, 0) is 6.42 Å². The maximum Gasteiger partial charge on any atom is 0.255 e. The smallest absolute Gasteiger partial charge is 0.255 e. The zero-order chi connectivity index (χ0) is 20.8. The van der Waals surface area contributed by atoms with E-state index in [4.69, 9.17) is 0 Å². The van der Waals surface area contributed by atoms with Crippen LogP contribution in [0.3, 0.4) is 0 Å². The number of unbranched alkanes of at least 4 members (excludes halogenated alkanes) is 1. The molecule has 1 amide bonds. The maximum atomic E-state index is 12.8. The van der Waals surface area contributed by atoms with Crippen LogP contribution in [0.15, 0.2) is 60.9 Å². The molecule has 0 saturated carbocycles. The Balaban J connectivity index is 1.47. The molecule has 3 aromatic rings. The number of aryl methyl sites for hydroxylation is 1. The predicted molar refractivity (Wildman–Crippen MR) is 122 cm³/mol. The van der Waals surface area contributed by atoms with Gasteiger partial charge in [-0.15, -0.1) is 0 Å². The summed E-state index contributed by atoms with van der Waals surface area (Å²) in [6.07, 6.45) is 7.45. The van der Waals surface area contributed by atoms with Crippen molar-refractivity contribution in [1.82, 2.24) is 9.97 Å². The predicted octanol–water partition coefficient (Wildman–Crippen LogP) is 5.34. The summed E-state index contributed by atoms with van der Waals surface area (Å²) in [6, 6.07) is 17.7. The first-order valence-electron chi connectivity index (χ1n) is 10.8. The van der Waals surface area contributed by atoms with E-state index in [1.54, 1.807) is 6.33 Å². The van der Waals surface area contributed by atoms with Gasteiger partial charge in [0.05, 0.1) is 5.69 Å². The van der Waals surface area contributed by atoms with Crippen molar-refractivity contribution in [2.45, 2.75) is 39.0 Å².